The summed E-state index contributed by atoms with van der Waals surface area (Å²) >= 11 is 6.02. The first kappa shape index (κ1) is 14.2. The Balaban J connectivity index is 2.11. The van der Waals surface area contributed by atoms with Gasteiger partial charge in [-0.15, -0.1) is 0 Å². The molecular formula is C15H21ClN2O. The van der Waals surface area contributed by atoms with Crippen LogP contribution in [-0.2, 0) is 4.84 Å². The van der Waals surface area contributed by atoms with Crippen molar-refractivity contribution in [3.63, 3.8) is 0 Å². The third-order valence-electron chi connectivity index (χ3n) is 3.53. The van der Waals surface area contributed by atoms with E-state index in [-0.39, 0.29) is 6.10 Å². The SMILES string of the molecule is CC/C(=N\OC1CCCCC1)c1cc(Cl)ccc1N. The molecule has 1 aliphatic carbocycles. The molecule has 104 valence electrons. The zero-order valence-electron chi connectivity index (χ0n) is 11.4. The maximum Gasteiger partial charge on any atom is 0.127 e. The standard InChI is InChI=1S/C15H21ClN2O/c1-2-15(13-10-11(16)8-9-14(13)17)18-19-12-6-4-3-5-7-12/h8-10,12H,2-7,17H2,1H3/b18-15+. The van der Waals surface area contributed by atoms with Crippen LogP contribution in [0, 0.1) is 0 Å². The lowest BCUT2D eigenvalue weighted by Gasteiger charge is -2.20. The van der Waals surface area contributed by atoms with Crippen LogP contribution in [0.2, 0.25) is 5.02 Å². The minimum atomic E-state index is 0.260. The largest absolute Gasteiger partial charge is 0.398 e. The molecule has 0 bridgehead atoms. The summed E-state index contributed by atoms with van der Waals surface area (Å²) in [6, 6.07) is 5.45. The first-order valence-corrected chi connectivity index (χ1v) is 7.36. The molecule has 0 aliphatic heterocycles. The van der Waals surface area contributed by atoms with Gasteiger partial charge >= 0.3 is 0 Å². The highest BCUT2D eigenvalue weighted by molar-refractivity contribution is 6.31. The van der Waals surface area contributed by atoms with Gasteiger partial charge in [0.2, 0.25) is 0 Å². The summed E-state index contributed by atoms with van der Waals surface area (Å²) in [7, 11) is 0. The van der Waals surface area contributed by atoms with E-state index in [1.165, 1.54) is 19.3 Å². The molecule has 0 spiro atoms. The van der Waals surface area contributed by atoms with Crippen LogP contribution in [0.25, 0.3) is 0 Å². The molecule has 4 heteroatoms. The molecule has 0 atom stereocenters. The lowest BCUT2D eigenvalue weighted by molar-refractivity contribution is 0.0327. The maximum absolute atomic E-state index is 6.02. The molecular weight excluding hydrogens is 260 g/mol. The average molecular weight is 281 g/mol. The Morgan fingerprint density at radius 1 is 1.37 bits per heavy atom. The smallest absolute Gasteiger partial charge is 0.127 e. The van der Waals surface area contributed by atoms with E-state index >= 15 is 0 Å². The Bertz CT molecular complexity index is 453. The fourth-order valence-electron chi connectivity index (χ4n) is 2.39. The second-order valence-electron chi connectivity index (χ2n) is 4.99. The Morgan fingerprint density at radius 2 is 2.11 bits per heavy atom. The molecule has 1 aliphatic rings. The van der Waals surface area contributed by atoms with Gasteiger partial charge in [-0.3, -0.25) is 0 Å². The highest BCUT2D eigenvalue weighted by Crippen LogP contribution is 2.23. The summed E-state index contributed by atoms with van der Waals surface area (Å²) in [5.74, 6) is 0. The number of nitrogens with two attached hydrogens (primary N) is 1. The minimum Gasteiger partial charge on any atom is -0.398 e. The third kappa shape index (κ3) is 3.87. The van der Waals surface area contributed by atoms with E-state index < -0.39 is 0 Å². The number of oxime groups is 1. The number of rotatable bonds is 4. The zero-order chi connectivity index (χ0) is 13.7. The van der Waals surface area contributed by atoms with Gasteiger partial charge in [-0.25, -0.2) is 0 Å². The molecule has 1 fully saturated rings. The first-order valence-electron chi connectivity index (χ1n) is 6.98. The van der Waals surface area contributed by atoms with Crippen LogP contribution in [0.1, 0.15) is 51.0 Å². The van der Waals surface area contributed by atoms with Crippen molar-refractivity contribution in [2.45, 2.75) is 51.6 Å². The van der Waals surface area contributed by atoms with Gasteiger partial charge in [0, 0.05) is 16.3 Å². The van der Waals surface area contributed by atoms with Crippen LogP contribution in [-0.4, -0.2) is 11.8 Å². The van der Waals surface area contributed by atoms with Gasteiger partial charge in [0.1, 0.15) is 6.10 Å². The van der Waals surface area contributed by atoms with Crippen molar-refractivity contribution < 1.29 is 4.84 Å². The van der Waals surface area contributed by atoms with E-state index in [9.17, 15) is 0 Å². The van der Waals surface area contributed by atoms with Gasteiger partial charge in [0.05, 0.1) is 5.71 Å². The molecule has 0 aromatic heterocycles. The number of nitrogens with zero attached hydrogens (tertiary/aromatic N) is 1. The molecule has 1 saturated carbocycles. The van der Waals surface area contributed by atoms with Gasteiger partial charge in [-0.05, 0) is 50.3 Å². The zero-order valence-corrected chi connectivity index (χ0v) is 12.1. The number of halogens is 1. The van der Waals surface area contributed by atoms with Crippen molar-refractivity contribution in [2.75, 3.05) is 5.73 Å². The summed E-state index contributed by atoms with van der Waals surface area (Å²) < 4.78 is 0. The quantitative estimate of drug-likeness (QED) is 0.505. The van der Waals surface area contributed by atoms with Crippen molar-refractivity contribution in [2.24, 2.45) is 5.16 Å². The second-order valence-corrected chi connectivity index (χ2v) is 5.42. The minimum absolute atomic E-state index is 0.260. The lowest BCUT2D eigenvalue weighted by atomic mass is 9.98. The fraction of sp³-hybridized carbons (Fsp3) is 0.533. The Morgan fingerprint density at radius 3 is 2.79 bits per heavy atom. The highest BCUT2D eigenvalue weighted by Gasteiger charge is 2.15. The van der Waals surface area contributed by atoms with Gasteiger partial charge in [-0.1, -0.05) is 30.1 Å². The van der Waals surface area contributed by atoms with Crippen LogP contribution >= 0.6 is 11.6 Å². The molecule has 1 aromatic carbocycles. The third-order valence-corrected chi connectivity index (χ3v) is 3.76. The highest BCUT2D eigenvalue weighted by atomic mass is 35.5. The average Bonchev–Trinajstić information content (AvgIpc) is 2.44. The summed E-state index contributed by atoms with van der Waals surface area (Å²) in [6.45, 7) is 2.05. The van der Waals surface area contributed by atoms with Crippen LogP contribution in [0.5, 0.6) is 0 Å². The molecule has 0 saturated heterocycles. The molecule has 0 radical (unpaired) electrons. The molecule has 1 aromatic rings. The fourth-order valence-corrected chi connectivity index (χ4v) is 2.56. The molecule has 2 N–H and O–H groups in total. The summed E-state index contributed by atoms with van der Waals surface area (Å²) in [5, 5.41) is 4.99. The van der Waals surface area contributed by atoms with Crippen molar-refractivity contribution in [1.29, 1.82) is 0 Å². The van der Waals surface area contributed by atoms with Gasteiger partial charge in [0.15, 0.2) is 0 Å². The van der Waals surface area contributed by atoms with E-state index in [0.717, 1.165) is 30.5 Å². The number of nitrogen functional groups attached to an aromatic ring is 1. The van der Waals surface area contributed by atoms with E-state index in [1.807, 2.05) is 19.1 Å². The summed E-state index contributed by atoms with van der Waals surface area (Å²) in [4.78, 5) is 5.67. The van der Waals surface area contributed by atoms with Crippen LogP contribution < -0.4 is 5.73 Å². The number of hydrogen-bond acceptors (Lipinski definition) is 3. The monoisotopic (exact) mass is 280 g/mol. The molecule has 0 amide bonds. The Kier molecular flexibility index (Phi) is 5.08. The Labute approximate surface area is 119 Å². The van der Waals surface area contributed by atoms with E-state index in [0.29, 0.717) is 10.7 Å². The lowest BCUT2D eigenvalue weighted by Crippen LogP contribution is -2.15. The topological polar surface area (TPSA) is 47.6 Å². The van der Waals surface area contributed by atoms with E-state index in [1.54, 1.807) is 6.07 Å². The second kappa shape index (κ2) is 6.80. The number of benzene rings is 1. The first-order chi connectivity index (χ1) is 9.20. The van der Waals surface area contributed by atoms with Crippen LogP contribution in [0.3, 0.4) is 0 Å². The van der Waals surface area contributed by atoms with Crippen molar-refractivity contribution >= 4 is 23.0 Å². The summed E-state index contributed by atoms with van der Waals surface area (Å²) in [5.41, 5.74) is 8.42. The van der Waals surface area contributed by atoms with Crippen molar-refractivity contribution in [3.05, 3.63) is 28.8 Å². The van der Waals surface area contributed by atoms with Crippen molar-refractivity contribution in [1.82, 2.24) is 0 Å². The van der Waals surface area contributed by atoms with Gasteiger partial charge in [-0.2, -0.15) is 0 Å². The molecule has 3 nitrogen and oxygen atoms in total. The maximum atomic E-state index is 6.02. The number of hydrogen-bond donors (Lipinski definition) is 1. The molecule has 0 unspecified atom stereocenters. The summed E-state index contributed by atoms with van der Waals surface area (Å²) in [6.07, 6.45) is 7.03. The number of anilines is 1. The predicted molar refractivity (Wildman–Crippen MR) is 80.7 cm³/mol. The predicted octanol–water partition coefficient (Wildman–Crippen LogP) is 4.39. The van der Waals surface area contributed by atoms with Crippen molar-refractivity contribution in [3.8, 4) is 0 Å². The van der Waals surface area contributed by atoms with E-state index in [4.69, 9.17) is 22.2 Å². The molecule has 19 heavy (non-hydrogen) atoms. The molecule has 0 heterocycles. The van der Waals surface area contributed by atoms with Crippen LogP contribution in [0.15, 0.2) is 23.4 Å². The molecule has 2 rings (SSSR count). The van der Waals surface area contributed by atoms with Crippen LogP contribution in [0.4, 0.5) is 5.69 Å². The van der Waals surface area contributed by atoms with E-state index in [2.05, 4.69) is 5.16 Å². The normalized spacial score (nSPS) is 17.5. The van der Waals surface area contributed by atoms with Gasteiger partial charge < -0.3 is 10.6 Å². The Hall–Kier alpha value is -1.22. The van der Waals surface area contributed by atoms with Gasteiger partial charge in [0.25, 0.3) is 0 Å².